The van der Waals surface area contributed by atoms with E-state index >= 15 is 0 Å². The molecule has 0 unspecified atom stereocenters. The fourth-order valence-corrected chi connectivity index (χ4v) is 3.85. The van der Waals surface area contributed by atoms with Crippen molar-refractivity contribution >= 4 is 5.91 Å². The smallest absolute Gasteiger partial charge is 0.224 e. The van der Waals surface area contributed by atoms with Crippen molar-refractivity contribution in [2.45, 2.75) is 57.6 Å². The summed E-state index contributed by atoms with van der Waals surface area (Å²) in [4.78, 5) is 12.1. The monoisotopic (exact) mass is 397 g/mol. The second kappa shape index (κ2) is 8.97. The fraction of sp³-hybridized carbons (Fsp3) is 0.458. The molecule has 0 radical (unpaired) electrons. The first-order valence-electron chi connectivity index (χ1n) is 10.2. The molecular weight excluding hydrogens is 366 g/mol. The lowest BCUT2D eigenvalue weighted by atomic mass is 9.90. The van der Waals surface area contributed by atoms with Crippen LogP contribution in [0.2, 0.25) is 0 Å². The van der Waals surface area contributed by atoms with Crippen LogP contribution >= 0.6 is 0 Å². The lowest BCUT2D eigenvalue weighted by molar-refractivity contribution is -0.121. The minimum atomic E-state index is -0.620. The second-order valence-electron chi connectivity index (χ2n) is 8.55. The summed E-state index contributed by atoms with van der Waals surface area (Å²) in [5.41, 5.74) is 4.29. The predicted molar refractivity (Wildman–Crippen MR) is 113 cm³/mol. The van der Waals surface area contributed by atoms with Gasteiger partial charge >= 0.3 is 0 Å². The Morgan fingerprint density at radius 3 is 2.38 bits per heavy atom. The molecule has 0 saturated carbocycles. The van der Waals surface area contributed by atoms with Gasteiger partial charge in [-0.25, -0.2) is 0 Å². The number of benzene rings is 2. The van der Waals surface area contributed by atoms with Gasteiger partial charge in [0.05, 0.1) is 25.7 Å². The molecule has 1 heterocycles. The highest BCUT2D eigenvalue weighted by Crippen LogP contribution is 2.37. The van der Waals surface area contributed by atoms with Gasteiger partial charge in [0, 0.05) is 12.8 Å². The van der Waals surface area contributed by atoms with Crippen LogP contribution in [0.3, 0.4) is 0 Å². The molecule has 1 amide bonds. The minimum Gasteiger partial charge on any atom is -0.487 e. The first kappa shape index (κ1) is 21.3. The van der Waals surface area contributed by atoms with Crippen molar-refractivity contribution in [1.82, 2.24) is 5.32 Å². The number of hydrogen-bond acceptors (Lipinski definition) is 4. The molecule has 0 spiro atoms. The van der Waals surface area contributed by atoms with Gasteiger partial charge in [-0.15, -0.1) is 0 Å². The third-order valence-corrected chi connectivity index (χ3v) is 5.44. The minimum absolute atomic E-state index is 0.206. The first-order chi connectivity index (χ1) is 13.8. The van der Waals surface area contributed by atoms with Crippen LogP contribution in [-0.4, -0.2) is 41.0 Å². The van der Waals surface area contributed by atoms with Crippen LogP contribution in [0, 0.1) is 0 Å². The van der Waals surface area contributed by atoms with Crippen molar-refractivity contribution in [2.75, 3.05) is 13.2 Å². The Labute approximate surface area is 172 Å². The van der Waals surface area contributed by atoms with Crippen LogP contribution in [0.1, 0.15) is 48.9 Å². The number of aliphatic hydroxyl groups excluding tert-OH is 2. The molecule has 0 aromatic heterocycles. The summed E-state index contributed by atoms with van der Waals surface area (Å²) >= 11 is 0. The van der Waals surface area contributed by atoms with Crippen molar-refractivity contribution in [3.05, 3.63) is 64.7 Å². The molecule has 0 bridgehead atoms. The number of carbonyl (C=O) groups excluding carboxylic acids is 1. The van der Waals surface area contributed by atoms with Crippen LogP contribution in [0.4, 0.5) is 0 Å². The van der Waals surface area contributed by atoms with E-state index in [0.29, 0.717) is 5.92 Å². The van der Waals surface area contributed by atoms with Crippen LogP contribution in [0.25, 0.3) is 0 Å². The number of amides is 1. The van der Waals surface area contributed by atoms with E-state index < -0.39 is 6.04 Å². The van der Waals surface area contributed by atoms with E-state index in [-0.39, 0.29) is 31.1 Å². The molecule has 1 atom stereocenters. The van der Waals surface area contributed by atoms with Gasteiger partial charge in [0.2, 0.25) is 5.91 Å². The zero-order valence-electron chi connectivity index (χ0n) is 17.4. The predicted octanol–water partition coefficient (Wildman–Crippen LogP) is 2.76. The molecule has 5 nitrogen and oxygen atoms in total. The van der Waals surface area contributed by atoms with Gasteiger partial charge in [0.15, 0.2) is 0 Å². The zero-order chi connectivity index (χ0) is 21.0. The lowest BCUT2D eigenvalue weighted by Crippen LogP contribution is -2.40. The quantitative estimate of drug-likeness (QED) is 0.640. The standard InChI is InChI=1S/C24H31NO4/c1-16(2)19-7-4-17(5-8-19)12-24(3)13-20-10-18(6-9-22(20)29-24)11-23(28)25-21(14-26)15-27/h4-10,16,21,26-27H,11-15H2,1-3H3,(H,25,28)/t24-/m0/s1. The van der Waals surface area contributed by atoms with Gasteiger partial charge in [-0.3, -0.25) is 4.79 Å². The number of fused-ring (bicyclic) bond motifs is 1. The molecule has 1 aliphatic heterocycles. The van der Waals surface area contributed by atoms with E-state index in [1.54, 1.807) is 0 Å². The number of rotatable bonds is 8. The largest absolute Gasteiger partial charge is 0.487 e. The van der Waals surface area contributed by atoms with Gasteiger partial charge in [0.25, 0.3) is 0 Å². The Balaban J connectivity index is 1.64. The number of hydrogen-bond donors (Lipinski definition) is 3. The zero-order valence-corrected chi connectivity index (χ0v) is 17.4. The summed E-state index contributed by atoms with van der Waals surface area (Å²) in [5, 5.41) is 20.8. The van der Waals surface area contributed by atoms with Gasteiger partial charge in [-0.05, 0) is 41.2 Å². The number of nitrogens with one attached hydrogen (secondary N) is 1. The van der Waals surface area contributed by atoms with E-state index in [9.17, 15) is 4.79 Å². The molecule has 0 fully saturated rings. The van der Waals surface area contributed by atoms with Crippen molar-refractivity contribution in [1.29, 1.82) is 0 Å². The highest BCUT2D eigenvalue weighted by Gasteiger charge is 2.35. The Morgan fingerprint density at radius 1 is 1.10 bits per heavy atom. The Bertz CT molecular complexity index is 842. The molecule has 2 aromatic carbocycles. The first-order valence-corrected chi connectivity index (χ1v) is 10.2. The normalized spacial score (nSPS) is 18.0. The summed E-state index contributed by atoms with van der Waals surface area (Å²) in [5.74, 6) is 1.18. The Morgan fingerprint density at radius 2 is 1.76 bits per heavy atom. The Kier molecular flexibility index (Phi) is 6.60. The number of ether oxygens (including phenoxy) is 1. The molecule has 1 aliphatic rings. The number of carbonyl (C=O) groups is 1. The van der Waals surface area contributed by atoms with Crippen LogP contribution in [-0.2, 0) is 24.1 Å². The average molecular weight is 398 g/mol. The maximum Gasteiger partial charge on any atom is 0.224 e. The summed E-state index contributed by atoms with van der Waals surface area (Å²) in [6.07, 6.45) is 1.82. The van der Waals surface area contributed by atoms with Crippen molar-refractivity contribution in [2.24, 2.45) is 0 Å². The van der Waals surface area contributed by atoms with Crippen molar-refractivity contribution in [3.63, 3.8) is 0 Å². The van der Waals surface area contributed by atoms with E-state index in [0.717, 1.165) is 29.7 Å². The molecule has 0 aliphatic carbocycles. The lowest BCUT2D eigenvalue weighted by Gasteiger charge is -2.24. The maximum atomic E-state index is 12.1. The van der Waals surface area contributed by atoms with Gasteiger partial charge in [-0.1, -0.05) is 50.2 Å². The molecule has 0 saturated heterocycles. The fourth-order valence-electron chi connectivity index (χ4n) is 3.85. The average Bonchev–Trinajstić information content (AvgIpc) is 3.01. The Hall–Kier alpha value is -2.37. The summed E-state index contributed by atoms with van der Waals surface area (Å²) in [6, 6.07) is 14.0. The molecule has 3 N–H and O–H groups in total. The summed E-state index contributed by atoms with van der Waals surface area (Å²) in [7, 11) is 0. The molecule has 2 aromatic rings. The summed E-state index contributed by atoms with van der Waals surface area (Å²) < 4.78 is 6.27. The highest BCUT2D eigenvalue weighted by atomic mass is 16.5. The molecule has 3 rings (SSSR count). The topological polar surface area (TPSA) is 78.8 Å². The van der Waals surface area contributed by atoms with Gasteiger partial charge < -0.3 is 20.3 Å². The second-order valence-corrected chi connectivity index (χ2v) is 8.55. The van der Waals surface area contributed by atoms with Crippen LogP contribution in [0.5, 0.6) is 5.75 Å². The van der Waals surface area contributed by atoms with Crippen molar-refractivity contribution in [3.8, 4) is 5.75 Å². The van der Waals surface area contributed by atoms with E-state index in [4.69, 9.17) is 14.9 Å². The molecule has 29 heavy (non-hydrogen) atoms. The molecule has 156 valence electrons. The van der Waals surface area contributed by atoms with E-state index in [1.165, 1.54) is 11.1 Å². The van der Waals surface area contributed by atoms with Crippen LogP contribution in [0.15, 0.2) is 42.5 Å². The van der Waals surface area contributed by atoms with Crippen molar-refractivity contribution < 1.29 is 19.7 Å². The van der Waals surface area contributed by atoms with E-state index in [2.05, 4.69) is 50.4 Å². The number of aliphatic hydroxyl groups is 2. The maximum absolute atomic E-state index is 12.1. The third kappa shape index (κ3) is 5.37. The van der Waals surface area contributed by atoms with Gasteiger partial charge in [-0.2, -0.15) is 0 Å². The van der Waals surface area contributed by atoms with E-state index in [1.807, 2.05) is 18.2 Å². The third-order valence-electron chi connectivity index (χ3n) is 5.44. The van der Waals surface area contributed by atoms with Crippen LogP contribution < -0.4 is 10.1 Å². The summed E-state index contributed by atoms with van der Waals surface area (Å²) in [6.45, 7) is 5.95. The van der Waals surface area contributed by atoms with Gasteiger partial charge in [0.1, 0.15) is 11.4 Å². The molecular formula is C24H31NO4. The molecule has 5 heteroatoms. The highest BCUT2D eigenvalue weighted by molar-refractivity contribution is 5.79. The SMILES string of the molecule is CC(C)c1ccc(C[C@@]2(C)Cc3cc(CC(=O)NC(CO)CO)ccc3O2)cc1.